The largest absolute Gasteiger partial charge is 0.496 e. The number of aromatic nitrogens is 4. The molecule has 2 rings (SSSR count). The van der Waals surface area contributed by atoms with Gasteiger partial charge in [-0.2, -0.15) is 5.21 Å². The average Bonchev–Trinajstić information content (AvgIpc) is 2.88. The van der Waals surface area contributed by atoms with Gasteiger partial charge in [-0.15, -0.1) is 10.2 Å². The van der Waals surface area contributed by atoms with E-state index in [-0.39, 0.29) is 6.04 Å². The number of H-pyrrole nitrogens is 1. The summed E-state index contributed by atoms with van der Waals surface area (Å²) >= 11 is 0. The zero-order valence-corrected chi connectivity index (χ0v) is 10.8. The first-order chi connectivity index (χ1) is 8.70. The second-order valence-electron chi connectivity index (χ2n) is 4.18. The van der Waals surface area contributed by atoms with Crippen LogP contribution in [0.3, 0.4) is 0 Å². The Kier molecular flexibility index (Phi) is 3.88. The number of methoxy groups -OCH3 is 1. The molecule has 0 aliphatic heterocycles. The standard InChI is InChI=1S/C12H17N5O/c1-8-4-5-10(11(6-8)18-3)9(2)13-7-12-14-16-17-15-12/h4-6,9,13H,7H2,1-3H3,(H,14,15,16,17). The number of rotatable bonds is 5. The lowest BCUT2D eigenvalue weighted by molar-refractivity contribution is 0.400. The predicted molar refractivity (Wildman–Crippen MR) is 67.2 cm³/mol. The van der Waals surface area contributed by atoms with Crippen LogP contribution in [0.2, 0.25) is 0 Å². The molecule has 18 heavy (non-hydrogen) atoms. The number of aryl methyl sites for hydroxylation is 1. The van der Waals surface area contributed by atoms with Crippen LogP contribution in [0, 0.1) is 6.92 Å². The van der Waals surface area contributed by atoms with Gasteiger partial charge < -0.3 is 10.1 Å². The topological polar surface area (TPSA) is 75.7 Å². The van der Waals surface area contributed by atoms with Crippen LogP contribution in [-0.2, 0) is 6.54 Å². The highest BCUT2D eigenvalue weighted by Crippen LogP contribution is 2.26. The van der Waals surface area contributed by atoms with E-state index in [4.69, 9.17) is 4.74 Å². The lowest BCUT2D eigenvalue weighted by Crippen LogP contribution is -2.19. The number of ether oxygens (including phenoxy) is 1. The van der Waals surface area contributed by atoms with E-state index in [1.54, 1.807) is 7.11 Å². The van der Waals surface area contributed by atoms with E-state index in [0.717, 1.165) is 11.3 Å². The van der Waals surface area contributed by atoms with Gasteiger partial charge in [-0.05, 0) is 25.5 Å². The highest BCUT2D eigenvalue weighted by atomic mass is 16.5. The number of tetrazole rings is 1. The summed E-state index contributed by atoms with van der Waals surface area (Å²) < 4.78 is 5.39. The minimum atomic E-state index is 0.152. The number of hydrogen-bond acceptors (Lipinski definition) is 5. The quantitative estimate of drug-likeness (QED) is 0.834. The van der Waals surface area contributed by atoms with E-state index in [2.05, 4.69) is 45.0 Å². The van der Waals surface area contributed by atoms with Crippen LogP contribution < -0.4 is 10.1 Å². The van der Waals surface area contributed by atoms with Gasteiger partial charge in [0.15, 0.2) is 5.82 Å². The summed E-state index contributed by atoms with van der Waals surface area (Å²) in [5, 5.41) is 17.1. The van der Waals surface area contributed by atoms with Crippen molar-refractivity contribution in [3.05, 3.63) is 35.2 Å². The minimum absolute atomic E-state index is 0.152. The van der Waals surface area contributed by atoms with Gasteiger partial charge in [-0.1, -0.05) is 17.3 Å². The molecule has 0 amide bonds. The SMILES string of the molecule is COc1cc(C)ccc1C(C)NCc1nn[nH]n1. The molecule has 6 nitrogen and oxygen atoms in total. The van der Waals surface area contributed by atoms with Crippen molar-refractivity contribution in [1.82, 2.24) is 25.9 Å². The van der Waals surface area contributed by atoms with Crippen molar-refractivity contribution < 1.29 is 4.74 Å². The van der Waals surface area contributed by atoms with Crippen molar-refractivity contribution in [1.29, 1.82) is 0 Å². The molecule has 0 radical (unpaired) electrons. The van der Waals surface area contributed by atoms with Gasteiger partial charge in [0.25, 0.3) is 0 Å². The molecule has 2 N–H and O–H groups in total. The molecule has 6 heteroatoms. The third-order valence-corrected chi connectivity index (χ3v) is 2.81. The molecule has 0 saturated heterocycles. The lowest BCUT2D eigenvalue weighted by atomic mass is 10.0. The van der Waals surface area contributed by atoms with Crippen LogP contribution in [0.5, 0.6) is 5.75 Å². The maximum absolute atomic E-state index is 5.39. The minimum Gasteiger partial charge on any atom is -0.496 e. The second-order valence-corrected chi connectivity index (χ2v) is 4.18. The lowest BCUT2D eigenvalue weighted by Gasteiger charge is -2.16. The smallest absolute Gasteiger partial charge is 0.188 e. The maximum atomic E-state index is 5.39. The molecule has 0 fully saturated rings. The van der Waals surface area contributed by atoms with Crippen molar-refractivity contribution in [3.8, 4) is 5.75 Å². The second kappa shape index (κ2) is 5.59. The van der Waals surface area contributed by atoms with Crippen LogP contribution >= 0.6 is 0 Å². The van der Waals surface area contributed by atoms with E-state index >= 15 is 0 Å². The maximum Gasteiger partial charge on any atom is 0.188 e. The number of nitrogens with one attached hydrogen (secondary N) is 2. The number of hydrogen-bond donors (Lipinski definition) is 2. The van der Waals surface area contributed by atoms with Gasteiger partial charge in [-0.25, -0.2) is 0 Å². The molecule has 0 aliphatic rings. The Balaban J connectivity index is 2.06. The number of nitrogens with zero attached hydrogens (tertiary/aromatic N) is 3. The van der Waals surface area contributed by atoms with Crippen molar-refractivity contribution in [2.45, 2.75) is 26.4 Å². The molecule has 2 aromatic rings. The van der Waals surface area contributed by atoms with E-state index in [1.807, 2.05) is 13.0 Å². The Morgan fingerprint density at radius 3 is 2.94 bits per heavy atom. The molecule has 0 bridgehead atoms. The zero-order chi connectivity index (χ0) is 13.0. The average molecular weight is 247 g/mol. The number of benzene rings is 1. The summed E-state index contributed by atoms with van der Waals surface area (Å²) in [6.07, 6.45) is 0. The van der Waals surface area contributed by atoms with Gasteiger partial charge in [0, 0.05) is 11.6 Å². The fourth-order valence-electron chi connectivity index (χ4n) is 1.79. The van der Waals surface area contributed by atoms with Gasteiger partial charge >= 0.3 is 0 Å². The highest BCUT2D eigenvalue weighted by molar-refractivity contribution is 5.39. The molecule has 1 aromatic carbocycles. The van der Waals surface area contributed by atoms with Crippen molar-refractivity contribution in [2.75, 3.05) is 7.11 Å². The first-order valence-electron chi connectivity index (χ1n) is 5.81. The monoisotopic (exact) mass is 247 g/mol. The molecule has 1 heterocycles. The molecule has 1 unspecified atom stereocenters. The van der Waals surface area contributed by atoms with E-state index in [1.165, 1.54) is 5.56 Å². The highest BCUT2D eigenvalue weighted by Gasteiger charge is 2.11. The van der Waals surface area contributed by atoms with Crippen LogP contribution in [0.4, 0.5) is 0 Å². The molecule has 0 aliphatic carbocycles. The van der Waals surface area contributed by atoms with Crippen molar-refractivity contribution in [3.63, 3.8) is 0 Å². The molecule has 0 spiro atoms. The van der Waals surface area contributed by atoms with E-state index in [0.29, 0.717) is 12.4 Å². The molecular weight excluding hydrogens is 230 g/mol. The van der Waals surface area contributed by atoms with Gasteiger partial charge in [0.05, 0.1) is 13.7 Å². The molecule has 1 aromatic heterocycles. The summed E-state index contributed by atoms with van der Waals surface area (Å²) in [6.45, 7) is 4.69. The Morgan fingerprint density at radius 2 is 2.28 bits per heavy atom. The first kappa shape index (κ1) is 12.5. The van der Waals surface area contributed by atoms with Crippen LogP contribution in [-0.4, -0.2) is 27.7 Å². The summed E-state index contributed by atoms with van der Waals surface area (Å²) in [7, 11) is 1.68. The summed E-state index contributed by atoms with van der Waals surface area (Å²) in [5.74, 6) is 1.54. The predicted octanol–water partition coefficient (Wildman–Crippen LogP) is 1.37. The van der Waals surface area contributed by atoms with Crippen LogP contribution in [0.15, 0.2) is 18.2 Å². The van der Waals surface area contributed by atoms with E-state index in [9.17, 15) is 0 Å². The van der Waals surface area contributed by atoms with Crippen molar-refractivity contribution in [2.24, 2.45) is 0 Å². The van der Waals surface area contributed by atoms with Gasteiger partial charge in [0.1, 0.15) is 5.75 Å². The number of aromatic amines is 1. The van der Waals surface area contributed by atoms with E-state index < -0.39 is 0 Å². The third kappa shape index (κ3) is 2.84. The molecule has 1 atom stereocenters. The van der Waals surface area contributed by atoms with Crippen LogP contribution in [0.1, 0.15) is 29.9 Å². The Hall–Kier alpha value is -1.95. The normalized spacial score (nSPS) is 12.4. The van der Waals surface area contributed by atoms with Gasteiger partial charge in [-0.3, -0.25) is 0 Å². The Labute approximate surface area is 106 Å². The summed E-state index contributed by atoms with van der Waals surface area (Å²) in [6, 6.07) is 6.33. The van der Waals surface area contributed by atoms with Crippen LogP contribution in [0.25, 0.3) is 0 Å². The fraction of sp³-hybridized carbons (Fsp3) is 0.417. The van der Waals surface area contributed by atoms with Gasteiger partial charge in [0.2, 0.25) is 0 Å². The fourth-order valence-corrected chi connectivity index (χ4v) is 1.79. The Morgan fingerprint density at radius 1 is 1.44 bits per heavy atom. The molecule has 0 saturated carbocycles. The summed E-state index contributed by atoms with van der Waals surface area (Å²) in [4.78, 5) is 0. The summed E-state index contributed by atoms with van der Waals surface area (Å²) in [5.41, 5.74) is 2.30. The molecule has 96 valence electrons. The third-order valence-electron chi connectivity index (χ3n) is 2.81. The van der Waals surface area contributed by atoms with Crippen molar-refractivity contribution >= 4 is 0 Å². The molecular formula is C12H17N5O. The zero-order valence-electron chi connectivity index (χ0n) is 10.8. The Bertz CT molecular complexity index is 497. The first-order valence-corrected chi connectivity index (χ1v) is 5.81.